The SMILES string of the molecule is Clc1cnc(Sc2nnc3ccccn23)c(Br)c1. The highest BCUT2D eigenvalue weighted by Gasteiger charge is 2.10. The van der Waals surface area contributed by atoms with Gasteiger partial charge in [0.1, 0.15) is 5.03 Å². The van der Waals surface area contributed by atoms with Gasteiger partial charge < -0.3 is 0 Å². The minimum absolute atomic E-state index is 0.595. The Morgan fingerprint density at radius 1 is 1.28 bits per heavy atom. The Hall–Kier alpha value is -1.11. The molecule has 0 aliphatic rings. The van der Waals surface area contributed by atoms with E-state index in [4.69, 9.17) is 11.6 Å². The summed E-state index contributed by atoms with van der Waals surface area (Å²) in [6.45, 7) is 0. The molecule has 4 nitrogen and oxygen atoms in total. The molecule has 3 aromatic heterocycles. The van der Waals surface area contributed by atoms with E-state index in [1.54, 1.807) is 12.3 Å². The molecule has 0 amide bonds. The number of pyridine rings is 2. The van der Waals surface area contributed by atoms with Crippen molar-refractivity contribution in [3.63, 3.8) is 0 Å². The number of rotatable bonds is 2. The summed E-state index contributed by atoms with van der Waals surface area (Å²) in [6, 6.07) is 7.57. The van der Waals surface area contributed by atoms with Crippen LogP contribution in [0.5, 0.6) is 0 Å². The number of nitrogens with zero attached hydrogens (tertiary/aromatic N) is 4. The molecule has 3 heterocycles. The van der Waals surface area contributed by atoms with Crippen LogP contribution in [0.1, 0.15) is 0 Å². The van der Waals surface area contributed by atoms with Crippen LogP contribution in [0.2, 0.25) is 5.02 Å². The molecular weight excluding hydrogens is 336 g/mol. The van der Waals surface area contributed by atoms with Gasteiger partial charge in [-0.1, -0.05) is 17.7 Å². The van der Waals surface area contributed by atoms with Crippen LogP contribution in [-0.4, -0.2) is 19.6 Å². The summed E-state index contributed by atoms with van der Waals surface area (Å²) in [6.07, 6.45) is 3.53. The third kappa shape index (κ3) is 2.23. The van der Waals surface area contributed by atoms with Crippen molar-refractivity contribution in [2.24, 2.45) is 0 Å². The molecule has 0 aliphatic carbocycles. The first-order valence-corrected chi connectivity index (χ1v) is 7.01. The molecule has 0 atom stereocenters. The lowest BCUT2D eigenvalue weighted by Crippen LogP contribution is -1.88. The quantitative estimate of drug-likeness (QED) is 0.713. The third-order valence-corrected chi connectivity index (χ3v) is 4.30. The van der Waals surface area contributed by atoms with E-state index >= 15 is 0 Å². The van der Waals surface area contributed by atoms with E-state index in [1.807, 2.05) is 28.8 Å². The average Bonchev–Trinajstić information content (AvgIpc) is 2.76. The molecule has 18 heavy (non-hydrogen) atoms. The first kappa shape index (κ1) is 12.0. The lowest BCUT2D eigenvalue weighted by molar-refractivity contribution is 0.916. The van der Waals surface area contributed by atoms with Crippen molar-refractivity contribution < 1.29 is 0 Å². The van der Waals surface area contributed by atoms with Crippen molar-refractivity contribution in [3.8, 4) is 0 Å². The zero-order valence-corrected chi connectivity index (χ0v) is 12.1. The lowest BCUT2D eigenvalue weighted by Gasteiger charge is -2.02. The molecular formula is C11H6BrClN4S. The van der Waals surface area contributed by atoms with Gasteiger partial charge in [0, 0.05) is 12.4 Å². The number of hydrogen-bond acceptors (Lipinski definition) is 4. The molecule has 90 valence electrons. The summed E-state index contributed by atoms with van der Waals surface area (Å²) >= 11 is 10.7. The van der Waals surface area contributed by atoms with Gasteiger partial charge in [-0.2, -0.15) is 0 Å². The summed E-state index contributed by atoms with van der Waals surface area (Å²) in [5.41, 5.74) is 0.810. The van der Waals surface area contributed by atoms with Crippen molar-refractivity contribution in [2.45, 2.75) is 10.2 Å². The Balaban J connectivity index is 2.01. The molecule has 0 saturated heterocycles. The van der Waals surface area contributed by atoms with Gasteiger partial charge in [0.05, 0.1) is 9.50 Å². The molecule has 0 fully saturated rings. The summed E-state index contributed by atoms with van der Waals surface area (Å²) in [5.74, 6) is 0. The second-order valence-electron chi connectivity index (χ2n) is 3.45. The number of halogens is 2. The Labute approximate surface area is 121 Å². The van der Waals surface area contributed by atoms with Crippen LogP contribution in [0, 0.1) is 0 Å². The number of fused-ring (bicyclic) bond motifs is 1. The van der Waals surface area contributed by atoms with E-state index in [-0.39, 0.29) is 0 Å². The summed E-state index contributed by atoms with van der Waals surface area (Å²) in [4.78, 5) is 4.26. The van der Waals surface area contributed by atoms with Crippen LogP contribution in [0.25, 0.3) is 5.65 Å². The average molecular weight is 342 g/mol. The lowest BCUT2D eigenvalue weighted by atomic mass is 10.5. The largest absolute Gasteiger partial charge is 0.277 e. The van der Waals surface area contributed by atoms with Gasteiger partial charge in [0.15, 0.2) is 5.65 Å². The van der Waals surface area contributed by atoms with Crippen molar-refractivity contribution in [1.82, 2.24) is 19.6 Å². The minimum atomic E-state index is 0.595. The molecule has 0 unspecified atom stereocenters. The molecule has 7 heteroatoms. The van der Waals surface area contributed by atoms with Crippen molar-refractivity contribution in [3.05, 3.63) is 46.2 Å². The Bertz CT molecular complexity index is 715. The maximum atomic E-state index is 5.86. The fourth-order valence-corrected chi connectivity index (χ4v) is 3.10. The molecule has 0 N–H and O–H groups in total. The van der Waals surface area contributed by atoms with E-state index in [0.29, 0.717) is 5.02 Å². The standard InChI is InChI=1S/C11H6BrClN4S/c12-8-5-7(13)6-14-10(8)18-11-16-15-9-3-1-2-4-17(9)11/h1-6H. The van der Waals surface area contributed by atoms with Crippen LogP contribution in [0.4, 0.5) is 0 Å². The predicted octanol–water partition coefficient (Wildman–Crippen LogP) is 3.69. The molecule has 3 rings (SSSR count). The van der Waals surface area contributed by atoms with Gasteiger partial charge in [0.25, 0.3) is 0 Å². The second kappa shape index (κ2) is 4.87. The molecule has 0 spiro atoms. The maximum absolute atomic E-state index is 5.86. The first-order valence-electron chi connectivity index (χ1n) is 5.03. The molecule has 0 radical (unpaired) electrons. The normalized spacial score (nSPS) is 11.0. The summed E-state index contributed by atoms with van der Waals surface area (Å²) < 4.78 is 2.75. The van der Waals surface area contributed by atoms with E-state index in [9.17, 15) is 0 Å². The van der Waals surface area contributed by atoms with Gasteiger partial charge in [-0.15, -0.1) is 10.2 Å². The highest BCUT2D eigenvalue weighted by molar-refractivity contribution is 9.10. The topological polar surface area (TPSA) is 43.1 Å². The molecule has 0 bridgehead atoms. The smallest absolute Gasteiger partial charge is 0.201 e. The summed E-state index contributed by atoms with van der Waals surface area (Å²) in [7, 11) is 0. The van der Waals surface area contributed by atoms with Gasteiger partial charge in [-0.25, -0.2) is 4.98 Å². The number of aromatic nitrogens is 4. The minimum Gasteiger partial charge on any atom is -0.277 e. The zero-order chi connectivity index (χ0) is 12.5. The van der Waals surface area contributed by atoms with Gasteiger partial charge >= 0.3 is 0 Å². The van der Waals surface area contributed by atoms with Crippen molar-refractivity contribution in [2.75, 3.05) is 0 Å². The molecule has 0 saturated carbocycles. The zero-order valence-electron chi connectivity index (χ0n) is 8.92. The van der Waals surface area contributed by atoms with Crippen LogP contribution in [0.3, 0.4) is 0 Å². The fourth-order valence-electron chi connectivity index (χ4n) is 1.45. The monoisotopic (exact) mass is 340 g/mol. The predicted molar refractivity (Wildman–Crippen MR) is 74.1 cm³/mol. The van der Waals surface area contributed by atoms with Crippen LogP contribution < -0.4 is 0 Å². The Morgan fingerprint density at radius 2 is 2.17 bits per heavy atom. The van der Waals surface area contributed by atoms with Crippen molar-refractivity contribution >= 4 is 44.9 Å². The highest BCUT2D eigenvalue weighted by Crippen LogP contribution is 2.32. The Kier molecular flexibility index (Phi) is 3.23. The van der Waals surface area contributed by atoms with Gasteiger partial charge in [-0.3, -0.25) is 4.40 Å². The van der Waals surface area contributed by atoms with E-state index < -0.39 is 0 Å². The van der Waals surface area contributed by atoms with E-state index in [0.717, 1.165) is 20.3 Å². The molecule has 0 aliphatic heterocycles. The van der Waals surface area contributed by atoms with Crippen LogP contribution in [-0.2, 0) is 0 Å². The highest BCUT2D eigenvalue weighted by atomic mass is 79.9. The van der Waals surface area contributed by atoms with E-state index in [2.05, 4.69) is 31.1 Å². The number of hydrogen-bond donors (Lipinski definition) is 0. The van der Waals surface area contributed by atoms with Crippen molar-refractivity contribution in [1.29, 1.82) is 0 Å². The fraction of sp³-hybridized carbons (Fsp3) is 0. The van der Waals surface area contributed by atoms with Crippen LogP contribution >= 0.6 is 39.3 Å². The van der Waals surface area contributed by atoms with Gasteiger partial charge in [-0.05, 0) is 45.9 Å². The van der Waals surface area contributed by atoms with Crippen LogP contribution in [0.15, 0.2) is 51.3 Å². The van der Waals surface area contributed by atoms with E-state index in [1.165, 1.54) is 11.8 Å². The first-order chi connectivity index (χ1) is 8.74. The third-order valence-electron chi connectivity index (χ3n) is 2.24. The molecule has 3 aromatic rings. The molecule has 0 aromatic carbocycles. The Morgan fingerprint density at radius 3 is 3.00 bits per heavy atom. The maximum Gasteiger partial charge on any atom is 0.201 e. The second-order valence-corrected chi connectivity index (χ2v) is 5.70. The summed E-state index contributed by atoms with van der Waals surface area (Å²) in [5, 5.41) is 10.4. The van der Waals surface area contributed by atoms with Gasteiger partial charge in [0.2, 0.25) is 5.16 Å².